The van der Waals surface area contributed by atoms with E-state index in [1.807, 2.05) is 55.1 Å². The Labute approximate surface area is 148 Å². The van der Waals surface area contributed by atoms with Crippen LogP contribution in [0.3, 0.4) is 0 Å². The molecular weight excluding hydrogens is 312 g/mol. The van der Waals surface area contributed by atoms with Gasteiger partial charge in [-0.1, -0.05) is 37.6 Å². The first-order valence-electron chi connectivity index (χ1n) is 8.81. The molecule has 3 rings (SSSR count). The average Bonchev–Trinajstić information content (AvgIpc) is 2.92. The zero-order valence-electron chi connectivity index (χ0n) is 15.1. The number of hydrogen-bond acceptors (Lipinski definition) is 2. The van der Waals surface area contributed by atoms with Crippen LogP contribution in [-0.4, -0.2) is 23.3 Å². The normalized spacial score (nSPS) is 13.1. The minimum atomic E-state index is -0.172. The summed E-state index contributed by atoms with van der Waals surface area (Å²) >= 11 is 0. The van der Waals surface area contributed by atoms with E-state index in [0.717, 1.165) is 36.1 Å². The number of anilines is 1. The molecule has 0 fully saturated rings. The molecule has 0 unspecified atom stereocenters. The number of carbonyl (C=O) groups is 2. The van der Waals surface area contributed by atoms with Gasteiger partial charge in [0.1, 0.15) is 0 Å². The van der Waals surface area contributed by atoms with Gasteiger partial charge in [-0.2, -0.15) is 0 Å². The van der Waals surface area contributed by atoms with Gasteiger partial charge in [-0.25, -0.2) is 0 Å². The van der Waals surface area contributed by atoms with Crippen LogP contribution in [0, 0.1) is 13.8 Å². The summed E-state index contributed by atoms with van der Waals surface area (Å²) < 4.78 is 0. The van der Waals surface area contributed by atoms with Crippen molar-refractivity contribution in [2.24, 2.45) is 0 Å². The van der Waals surface area contributed by atoms with E-state index in [-0.39, 0.29) is 11.8 Å². The first-order valence-corrected chi connectivity index (χ1v) is 8.81. The van der Waals surface area contributed by atoms with Crippen molar-refractivity contribution < 1.29 is 9.59 Å². The Morgan fingerprint density at radius 2 is 1.92 bits per heavy atom. The lowest BCUT2D eigenvalue weighted by Crippen LogP contribution is -2.25. The number of fused-ring (bicyclic) bond motifs is 1. The van der Waals surface area contributed by atoms with Crippen LogP contribution in [0.1, 0.15) is 57.2 Å². The average molecular weight is 336 g/mol. The monoisotopic (exact) mass is 336 g/mol. The highest BCUT2D eigenvalue weighted by Crippen LogP contribution is 2.30. The highest BCUT2D eigenvalue weighted by atomic mass is 16.2. The molecule has 0 spiro atoms. The van der Waals surface area contributed by atoms with Gasteiger partial charge in [0.15, 0.2) is 0 Å². The molecule has 2 amide bonds. The molecule has 0 aliphatic carbocycles. The highest BCUT2D eigenvalue weighted by molar-refractivity contribution is 6.11. The van der Waals surface area contributed by atoms with Crippen molar-refractivity contribution in [3.8, 4) is 0 Å². The Hall–Kier alpha value is -2.62. The topological polar surface area (TPSA) is 49.4 Å². The van der Waals surface area contributed by atoms with E-state index in [0.29, 0.717) is 23.4 Å². The summed E-state index contributed by atoms with van der Waals surface area (Å²) in [6.45, 7) is 7.43. The summed E-state index contributed by atoms with van der Waals surface area (Å²) in [5.41, 5.74) is 4.91. The van der Waals surface area contributed by atoms with Crippen LogP contribution in [0.2, 0.25) is 0 Å². The Morgan fingerprint density at radius 3 is 2.68 bits per heavy atom. The predicted octanol–water partition coefficient (Wildman–Crippen LogP) is 4.31. The van der Waals surface area contributed by atoms with Gasteiger partial charge in [0, 0.05) is 18.7 Å². The van der Waals surface area contributed by atoms with E-state index in [2.05, 4.69) is 12.2 Å². The number of nitrogens with one attached hydrogen (secondary N) is 1. The molecule has 4 heteroatoms. The molecule has 0 atom stereocenters. The zero-order valence-corrected chi connectivity index (χ0v) is 15.1. The number of unbranched alkanes of at least 4 members (excludes halogenated alkanes) is 1. The van der Waals surface area contributed by atoms with E-state index in [4.69, 9.17) is 0 Å². The molecular formula is C21H24N2O2. The molecule has 4 nitrogen and oxygen atoms in total. The van der Waals surface area contributed by atoms with Gasteiger partial charge in [-0.15, -0.1) is 0 Å². The van der Waals surface area contributed by atoms with Crippen LogP contribution < -0.4 is 5.32 Å². The third-order valence-electron chi connectivity index (χ3n) is 4.89. The van der Waals surface area contributed by atoms with Gasteiger partial charge in [0.25, 0.3) is 11.8 Å². The lowest BCUT2D eigenvalue weighted by atomic mass is 10.0. The van der Waals surface area contributed by atoms with Crippen molar-refractivity contribution in [1.82, 2.24) is 4.90 Å². The molecule has 1 N–H and O–H groups in total. The maximum absolute atomic E-state index is 12.7. The molecule has 25 heavy (non-hydrogen) atoms. The van der Waals surface area contributed by atoms with Gasteiger partial charge in [0.05, 0.1) is 11.3 Å². The molecule has 0 bridgehead atoms. The summed E-state index contributed by atoms with van der Waals surface area (Å²) in [5, 5.41) is 2.95. The fourth-order valence-electron chi connectivity index (χ4n) is 3.24. The fourth-order valence-corrected chi connectivity index (χ4v) is 3.24. The lowest BCUT2D eigenvalue weighted by molar-refractivity contribution is 0.0777. The van der Waals surface area contributed by atoms with Crippen molar-refractivity contribution in [1.29, 1.82) is 0 Å². The van der Waals surface area contributed by atoms with Crippen LogP contribution in [0.25, 0.3) is 0 Å². The summed E-state index contributed by atoms with van der Waals surface area (Å²) in [6.07, 6.45) is 2.04. The van der Waals surface area contributed by atoms with Crippen molar-refractivity contribution >= 4 is 17.5 Å². The lowest BCUT2D eigenvalue weighted by Gasteiger charge is -2.15. The van der Waals surface area contributed by atoms with Crippen LogP contribution in [0.4, 0.5) is 5.69 Å². The second-order valence-electron chi connectivity index (χ2n) is 6.62. The minimum absolute atomic E-state index is 0.0142. The number of benzene rings is 2. The molecule has 1 aliphatic heterocycles. The molecule has 130 valence electrons. The first kappa shape index (κ1) is 17.2. The second-order valence-corrected chi connectivity index (χ2v) is 6.62. The van der Waals surface area contributed by atoms with Crippen LogP contribution in [0.15, 0.2) is 36.4 Å². The zero-order chi connectivity index (χ0) is 18.0. The quantitative estimate of drug-likeness (QED) is 0.884. The molecule has 2 aromatic rings. The third kappa shape index (κ3) is 3.29. The summed E-state index contributed by atoms with van der Waals surface area (Å²) in [7, 11) is 0. The van der Waals surface area contributed by atoms with E-state index < -0.39 is 0 Å². The summed E-state index contributed by atoms with van der Waals surface area (Å²) in [6, 6.07) is 11.4. The molecule has 1 aliphatic rings. The van der Waals surface area contributed by atoms with Gasteiger partial charge in [-0.3, -0.25) is 9.59 Å². The van der Waals surface area contributed by atoms with Crippen molar-refractivity contribution in [2.45, 2.75) is 40.2 Å². The number of aryl methyl sites for hydroxylation is 1. The van der Waals surface area contributed by atoms with Gasteiger partial charge in [0.2, 0.25) is 0 Å². The molecule has 2 aromatic carbocycles. The number of rotatable bonds is 5. The van der Waals surface area contributed by atoms with Gasteiger partial charge >= 0.3 is 0 Å². The van der Waals surface area contributed by atoms with E-state index in [9.17, 15) is 9.59 Å². The van der Waals surface area contributed by atoms with Crippen molar-refractivity contribution in [3.63, 3.8) is 0 Å². The van der Waals surface area contributed by atoms with E-state index >= 15 is 0 Å². The number of hydrogen-bond donors (Lipinski definition) is 1. The Balaban J connectivity index is 1.86. The number of nitrogens with zero attached hydrogens (tertiary/aromatic N) is 1. The number of carbonyl (C=O) groups excluding carboxylic acids is 2. The maximum atomic E-state index is 12.7. The summed E-state index contributed by atoms with van der Waals surface area (Å²) in [4.78, 5) is 27.3. The molecule has 0 saturated carbocycles. The highest BCUT2D eigenvalue weighted by Gasteiger charge is 2.30. The van der Waals surface area contributed by atoms with Gasteiger partial charge in [-0.05, 0) is 49.1 Å². The standard InChI is InChI=1S/C21H24N2O2/c1-4-5-12-23-13-16-9-7-11-18(19(16)21(23)25)22-20(24)17-10-6-8-14(2)15(17)3/h6-11H,4-5,12-13H2,1-3H3,(H,22,24). The minimum Gasteiger partial charge on any atom is -0.334 e. The number of amides is 2. The largest absolute Gasteiger partial charge is 0.334 e. The molecule has 0 radical (unpaired) electrons. The smallest absolute Gasteiger partial charge is 0.256 e. The van der Waals surface area contributed by atoms with Crippen LogP contribution in [0.5, 0.6) is 0 Å². The Kier molecular flexibility index (Phi) is 4.88. The summed E-state index contributed by atoms with van der Waals surface area (Å²) in [5.74, 6) is -0.158. The Bertz CT molecular complexity index is 827. The van der Waals surface area contributed by atoms with Crippen LogP contribution in [-0.2, 0) is 6.54 Å². The maximum Gasteiger partial charge on any atom is 0.256 e. The van der Waals surface area contributed by atoms with Gasteiger partial charge < -0.3 is 10.2 Å². The predicted molar refractivity (Wildman–Crippen MR) is 100.0 cm³/mol. The van der Waals surface area contributed by atoms with Crippen molar-refractivity contribution in [2.75, 3.05) is 11.9 Å². The second kappa shape index (κ2) is 7.09. The fraction of sp³-hybridized carbons (Fsp3) is 0.333. The SMILES string of the molecule is CCCCN1Cc2cccc(NC(=O)c3cccc(C)c3C)c2C1=O. The molecule has 1 heterocycles. The van der Waals surface area contributed by atoms with Crippen LogP contribution >= 0.6 is 0 Å². The van der Waals surface area contributed by atoms with Crippen molar-refractivity contribution in [3.05, 3.63) is 64.2 Å². The molecule has 0 aromatic heterocycles. The Morgan fingerprint density at radius 1 is 1.16 bits per heavy atom. The van der Waals surface area contributed by atoms with E-state index in [1.54, 1.807) is 0 Å². The third-order valence-corrected chi connectivity index (χ3v) is 4.89. The molecule has 0 saturated heterocycles. The van der Waals surface area contributed by atoms with E-state index in [1.165, 1.54) is 0 Å². The first-order chi connectivity index (χ1) is 12.0.